The molecule has 0 radical (unpaired) electrons. The second-order valence-corrected chi connectivity index (χ2v) is 10.3. The first-order valence-electron chi connectivity index (χ1n) is 8.90. The SMILES string of the molecule is Cc1cc2c3c([nH]c2cc1S(=O)(=O)Nc1ccc(S(N)(=O)=O)cc1)CCCC3=O. The van der Waals surface area contributed by atoms with Crippen molar-refractivity contribution in [3.05, 3.63) is 53.2 Å². The van der Waals surface area contributed by atoms with Gasteiger partial charge in [-0.05, 0) is 61.7 Å². The lowest BCUT2D eigenvalue weighted by Crippen LogP contribution is -2.15. The smallest absolute Gasteiger partial charge is 0.262 e. The summed E-state index contributed by atoms with van der Waals surface area (Å²) in [7, 11) is -7.80. The van der Waals surface area contributed by atoms with Crippen molar-refractivity contribution in [3.63, 3.8) is 0 Å². The molecule has 29 heavy (non-hydrogen) atoms. The molecule has 1 aliphatic rings. The number of ketones is 1. The Morgan fingerprint density at radius 3 is 2.38 bits per heavy atom. The Hall–Kier alpha value is -2.69. The molecule has 0 aliphatic heterocycles. The van der Waals surface area contributed by atoms with Crippen molar-refractivity contribution in [2.45, 2.75) is 36.0 Å². The summed E-state index contributed by atoms with van der Waals surface area (Å²) in [5.74, 6) is 0.0700. The summed E-state index contributed by atoms with van der Waals surface area (Å²) in [5.41, 5.74) is 2.81. The molecule has 8 nitrogen and oxygen atoms in total. The fourth-order valence-corrected chi connectivity index (χ4v) is 5.48. The number of carbonyl (C=O) groups excluding carboxylic acids is 1. The van der Waals surface area contributed by atoms with E-state index in [0.29, 0.717) is 23.1 Å². The molecule has 10 heteroatoms. The zero-order chi connectivity index (χ0) is 21.0. The molecule has 4 N–H and O–H groups in total. The monoisotopic (exact) mass is 433 g/mol. The first-order chi connectivity index (χ1) is 13.6. The van der Waals surface area contributed by atoms with Gasteiger partial charge in [0.1, 0.15) is 0 Å². The van der Waals surface area contributed by atoms with Gasteiger partial charge in [-0.3, -0.25) is 9.52 Å². The van der Waals surface area contributed by atoms with Crippen LogP contribution in [0.3, 0.4) is 0 Å². The predicted molar refractivity (Wildman–Crippen MR) is 109 cm³/mol. The Balaban J connectivity index is 1.73. The lowest BCUT2D eigenvalue weighted by Gasteiger charge is -2.12. The molecule has 0 spiro atoms. The Kier molecular flexibility index (Phi) is 4.52. The van der Waals surface area contributed by atoms with Crippen LogP contribution in [-0.2, 0) is 26.5 Å². The summed E-state index contributed by atoms with van der Waals surface area (Å²) in [5, 5.41) is 5.79. The molecule has 1 heterocycles. The minimum absolute atomic E-state index is 0.0700. The second kappa shape index (κ2) is 6.68. The van der Waals surface area contributed by atoms with Gasteiger partial charge in [-0.1, -0.05) is 0 Å². The number of hydrogen-bond donors (Lipinski definition) is 3. The van der Waals surface area contributed by atoms with Gasteiger partial charge in [-0.2, -0.15) is 0 Å². The number of aromatic amines is 1. The maximum atomic E-state index is 12.9. The minimum Gasteiger partial charge on any atom is -0.358 e. The van der Waals surface area contributed by atoms with Crippen molar-refractivity contribution >= 4 is 42.4 Å². The van der Waals surface area contributed by atoms with Crippen molar-refractivity contribution in [3.8, 4) is 0 Å². The van der Waals surface area contributed by atoms with E-state index in [2.05, 4.69) is 9.71 Å². The van der Waals surface area contributed by atoms with E-state index in [-0.39, 0.29) is 21.3 Å². The Bertz CT molecular complexity index is 1360. The highest BCUT2D eigenvalue weighted by Crippen LogP contribution is 2.32. The summed E-state index contributed by atoms with van der Waals surface area (Å²) in [4.78, 5) is 15.4. The summed E-state index contributed by atoms with van der Waals surface area (Å²) in [6, 6.07) is 8.36. The van der Waals surface area contributed by atoms with Gasteiger partial charge >= 0.3 is 0 Å². The molecule has 0 fully saturated rings. The van der Waals surface area contributed by atoms with Crippen molar-refractivity contribution in [2.24, 2.45) is 5.14 Å². The molecular weight excluding hydrogens is 414 g/mol. The molecule has 0 atom stereocenters. The van der Waals surface area contributed by atoms with E-state index in [9.17, 15) is 21.6 Å². The number of primary sulfonamides is 1. The van der Waals surface area contributed by atoms with E-state index < -0.39 is 20.0 Å². The van der Waals surface area contributed by atoms with Crippen LogP contribution in [-0.4, -0.2) is 27.6 Å². The van der Waals surface area contributed by atoms with Gasteiger partial charge in [0.05, 0.1) is 9.79 Å². The fourth-order valence-electron chi connectivity index (χ4n) is 3.65. The van der Waals surface area contributed by atoms with E-state index >= 15 is 0 Å². The van der Waals surface area contributed by atoms with Crippen LogP contribution in [0.2, 0.25) is 0 Å². The van der Waals surface area contributed by atoms with Crippen LogP contribution in [0.25, 0.3) is 10.9 Å². The molecule has 4 rings (SSSR count). The average Bonchev–Trinajstić information content (AvgIpc) is 2.99. The van der Waals surface area contributed by atoms with Crippen LogP contribution in [0.1, 0.15) is 34.5 Å². The van der Waals surface area contributed by atoms with E-state index in [1.165, 1.54) is 30.3 Å². The van der Waals surface area contributed by atoms with Gasteiger partial charge in [-0.25, -0.2) is 22.0 Å². The summed E-state index contributed by atoms with van der Waals surface area (Å²) in [6.07, 6.45) is 2.03. The first-order valence-corrected chi connectivity index (χ1v) is 11.9. The number of carbonyl (C=O) groups is 1. The van der Waals surface area contributed by atoms with Crippen LogP contribution in [0, 0.1) is 6.92 Å². The maximum Gasteiger partial charge on any atom is 0.262 e. The highest BCUT2D eigenvalue weighted by molar-refractivity contribution is 7.92. The van der Waals surface area contributed by atoms with Gasteiger partial charge in [0.2, 0.25) is 10.0 Å². The van der Waals surface area contributed by atoms with Crippen LogP contribution in [0.5, 0.6) is 0 Å². The lowest BCUT2D eigenvalue weighted by molar-refractivity contribution is 0.0974. The molecule has 0 amide bonds. The lowest BCUT2D eigenvalue weighted by atomic mass is 9.94. The number of aromatic nitrogens is 1. The number of nitrogens with one attached hydrogen (secondary N) is 2. The van der Waals surface area contributed by atoms with Gasteiger partial charge in [0.25, 0.3) is 10.0 Å². The predicted octanol–water partition coefficient (Wildman–Crippen LogP) is 2.44. The van der Waals surface area contributed by atoms with Crippen molar-refractivity contribution in [1.29, 1.82) is 0 Å². The molecular formula is C19H19N3O5S2. The van der Waals surface area contributed by atoms with E-state index in [4.69, 9.17) is 5.14 Å². The second-order valence-electron chi connectivity index (χ2n) is 7.09. The van der Waals surface area contributed by atoms with Gasteiger partial charge < -0.3 is 4.98 Å². The standard InChI is InChI=1S/C19H19N3O5S2/c1-11-9-14-16(21-15-3-2-4-17(23)19(14)15)10-18(11)29(26,27)22-12-5-7-13(8-6-12)28(20,24)25/h5-10,21-22H,2-4H2,1H3,(H2,20,24,25). The van der Waals surface area contributed by atoms with E-state index in [1.807, 2.05) is 0 Å². The number of anilines is 1. The van der Waals surface area contributed by atoms with Crippen molar-refractivity contribution in [1.82, 2.24) is 4.98 Å². The first kappa shape index (κ1) is 19.6. The Morgan fingerprint density at radius 2 is 1.72 bits per heavy atom. The fraction of sp³-hybridized carbons (Fsp3) is 0.211. The number of rotatable bonds is 4. The van der Waals surface area contributed by atoms with E-state index in [1.54, 1.807) is 13.0 Å². The van der Waals surface area contributed by atoms with Gasteiger partial charge in [0, 0.05) is 34.3 Å². The Labute approximate surface area is 168 Å². The Morgan fingerprint density at radius 1 is 1.03 bits per heavy atom. The minimum atomic E-state index is -3.93. The number of hydrogen-bond acceptors (Lipinski definition) is 5. The third kappa shape index (κ3) is 3.54. The van der Waals surface area contributed by atoms with Crippen LogP contribution >= 0.6 is 0 Å². The van der Waals surface area contributed by atoms with Crippen LogP contribution in [0.15, 0.2) is 46.2 Å². The summed E-state index contributed by atoms with van der Waals surface area (Å²) >= 11 is 0. The summed E-state index contributed by atoms with van der Waals surface area (Å²) < 4.78 is 51.0. The van der Waals surface area contributed by atoms with E-state index in [0.717, 1.165) is 23.9 Å². The third-order valence-electron chi connectivity index (χ3n) is 5.01. The maximum absolute atomic E-state index is 12.9. The largest absolute Gasteiger partial charge is 0.358 e. The number of nitrogens with two attached hydrogens (primary N) is 1. The van der Waals surface area contributed by atoms with Crippen LogP contribution in [0.4, 0.5) is 5.69 Å². The highest BCUT2D eigenvalue weighted by atomic mass is 32.2. The quantitative estimate of drug-likeness (QED) is 0.580. The molecule has 0 bridgehead atoms. The number of sulfonamides is 2. The van der Waals surface area contributed by atoms with Crippen molar-refractivity contribution in [2.75, 3.05) is 4.72 Å². The molecule has 0 saturated carbocycles. The molecule has 0 unspecified atom stereocenters. The number of fused-ring (bicyclic) bond motifs is 3. The number of benzene rings is 2. The number of aryl methyl sites for hydroxylation is 2. The number of H-pyrrole nitrogens is 1. The molecule has 1 aliphatic carbocycles. The zero-order valence-corrected chi connectivity index (χ0v) is 17.2. The molecule has 1 aromatic heterocycles. The van der Waals surface area contributed by atoms with Gasteiger partial charge in [0.15, 0.2) is 5.78 Å². The molecule has 2 aromatic carbocycles. The van der Waals surface area contributed by atoms with Crippen LogP contribution < -0.4 is 9.86 Å². The summed E-state index contributed by atoms with van der Waals surface area (Å²) in [6.45, 7) is 1.67. The average molecular weight is 434 g/mol. The molecule has 3 aromatic rings. The third-order valence-corrected chi connectivity index (χ3v) is 7.46. The van der Waals surface area contributed by atoms with Crippen molar-refractivity contribution < 1.29 is 21.6 Å². The molecule has 152 valence electrons. The molecule has 0 saturated heterocycles. The zero-order valence-electron chi connectivity index (χ0n) is 15.5. The normalized spacial score (nSPS) is 14.8. The van der Waals surface area contributed by atoms with Gasteiger partial charge in [-0.15, -0.1) is 0 Å². The highest BCUT2D eigenvalue weighted by Gasteiger charge is 2.25. The number of Topliss-reactive ketones (excluding diaryl/α,β-unsaturated/α-hetero) is 1. The topological polar surface area (TPSA) is 139 Å².